The fourth-order valence-corrected chi connectivity index (χ4v) is 4.72. The van der Waals surface area contributed by atoms with E-state index in [9.17, 15) is 33.1 Å². The van der Waals surface area contributed by atoms with Crippen molar-refractivity contribution in [2.45, 2.75) is 12.6 Å². The summed E-state index contributed by atoms with van der Waals surface area (Å²) in [6.45, 7) is 0.0897. The van der Waals surface area contributed by atoms with Crippen LogP contribution in [0.15, 0.2) is 65.5 Å². The van der Waals surface area contributed by atoms with Crippen LogP contribution in [0, 0.1) is 11.3 Å². The lowest BCUT2D eigenvalue weighted by Crippen LogP contribution is -2.26. The van der Waals surface area contributed by atoms with Crippen LogP contribution in [-0.4, -0.2) is 22.5 Å². The van der Waals surface area contributed by atoms with Crippen LogP contribution in [0.3, 0.4) is 0 Å². The van der Waals surface area contributed by atoms with Crippen molar-refractivity contribution < 1.29 is 23.1 Å². The molecule has 0 aliphatic carbocycles. The number of alkyl halides is 3. The van der Waals surface area contributed by atoms with Gasteiger partial charge in [-0.15, -0.1) is 0 Å². The van der Waals surface area contributed by atoms with Gasteiger partial charge in [-0.05, 0) is 60.5 Å². The van der Waals surface area contributed by atoms with Crippen LogP contribution >= 0.6 is 34.8 Å². The number of hydrogen-bond donors (Lipinski definition) is 3. The Morgan fingerprint density at radius 3 is 2.38 bits per heavy atom. The van der Waals surface area contributed by atoms with Crippen molar-refractivity contribution in [3.8, 4) is 34.2 Å². The number of hydrogen-bond acceptors (Lipinski definition) is 4. The minimum Gasteiger partial charge on any atom is -0.507 e. The van der Waals surface area contributed by atoms with Crippen molar-refractivity contribution in [1.82, 2.24) is 10.3 Å². The number of benzene rings is 3. The summed E-state index contributed by atoms with van der Waals surface area (Å²) >= 11 is 18.5. The summed E-state index contributed by atoms with van der Waals surface area (Å²) < 4.78 is 40.1. The molecule has 3 N–H and O–H groups in total. The van der Waals surface area contributed by atoms with Gasteiger partial charge in [0.1, 0.15) is 17.4 Å². The number of aromatic hydroxyl groups is 1. The molecule has 4 aromatic rings. The Morgan fingerprint density at radius 1 is 0.975 bits per heavy atom. The number of amides is 1. The quantitative estimate of drug-likeness (QED) is 0.215. The number of H-pyrrole nitrogens is 1. The highest BCUT2D eigenvalue weighted by Gasteiger charge is 2.31. The van der Waals surface area contributed by atoms with Crippen LogP contribution in [0.25, 0.3) is 22.4 Å². The van der Waals surface area contributed by atoms with Crippen molar-refractivity contribution in [3.05, 3.63) is 108 Å². The van der Waals surface area contributed by atoms with E-state index in [-0.39, 0.29) is 61.7 Å². The van der Waals surface area contributed by atoms with Gasteiger partial charge in [0.15, 0.2) is 0 Å². The van der Waals surface area contributed by atoms with Gasteiger partial charge in [-0.25, -0.2) is 0 Å². The maximum atomic E-state index is 13.4. The average molecular weight is 607 g/mol. The number of aromatic nitrogens is 1. The molecule has 0 aliphatic heterocycles. The van der Waals surface area contributed by atoms with Gasteiger partial charge in [0, 0.05) is 33.3 Å². The van der Waals surface area contributed by atoms with Gasteiger partial charge in [-0.1, -0.05) is 46.9 Å². The molecule has 12 heteroatoms. The Labute approximate surface area is 240 Å². The summed E-state index contributed by atoms with van der Waals surface area (Å²) in [5.41, 5.74) is -2.13. The van der Waals surface area contributed by atoms with E-state index in [1.54, 1.807) is 30.3 Å². The fraction of sp³-hybridized carbons (Fsp3) is 0.107. The molecule has 40 heavy (non-hydrogen) atoms. The molecular weight excluding hydrogens is 590 g/mol. The van der Waals surface area contributed by atoms with E-state index in [0.717, 1.165) is 18.2 Å². The first-order valence-corrected chi connectivity index (χ1v) is 12.6. The molecule has 6 nitrogen and oxygen atoms in total. The highest BCUT2D eigenvalue weighted by Crippen LogP contribution is 2.39. The van der Waals surface area contributed by atoms with Crippen molar-refractivity contribution in [2.24, 2.45) is 0 Å². The number of halogens is 6. The van der Waals surface area contributed by atoms with Crippen LogP contribution < -0.4 is 10.9 Å². The minimum atomic E-state index is -4.70. The molecule has 0 atom stereocenters. The summed E-state index contributed by atoms with van der Waals surface area (Å²) in [7, 11) is 0. The van der Waals surface area contributed by atoms with Gasteiger partial charge >= 0.3 is 6.18 Å². The molecule has 0 spiro atoms. The van der Waals surface area contributed by atoms with Crippen molar-refractivity contribution in [3.63, 3.8) is 0 Å². The minimum absolute atomic E-state index is 0.0196. The summed E-state index contributed by atoms with van der Waals surface area (Å²) in [6, 6.07) is 14.8. The van der Waals surface area contributed by atoms with Crippen LogP contribution in [0.4, 0.5) is 13.2 Å². The monoisotopic (exact) mass is 605 g/mol. The van der Waals surface area contributed by atoms with Crippen LogP contribution in [-0.2, 0) is 12.6 Å². The zero-order valence-corrected chi connectivity index (χ0v) is 22.4. The molecule has 0 saturated heterocycles. The van der Waals surface area contributed by atoms with Crippen molar-refractivity contribution in [1.29, 1.82) is 5.26 Å². The Bertz CT molecular complexity index is 1730. The summed E-state index contributed by atoms with van der Waals surface area (Å²) in [5, 5.41) is 23.6. The molecule has 0 saturated carbocycles. The first kappa shape index (κ1) is 29.0. The van der Waals surface area contributed by atoms with E-state index in [1.165, 1.54) is 18.2 Å². The lowest BCUT2D eigenvalue weighted by molar-refractivity contribution is -0.137. The number of rotatable bonds is 6. The van der Waals surface area contributed by atoms with E-state index < -0.39 is 28.8 Å². The highest BCUT2D eigenvalue weighted by molar-refractivity contribution is 6.34. The molecule has 0 unspecified atom stereocenters. The fourth-order valence-electron chi connectivity index (χ4n) is 4.04. The molecule has 4 rings (SSSR count). The zero-order chi connectivity index (χ0) is 29.2. The van der Waals surface area contributed by atoms with Gasteiger partial charge in [0.2, 0.25) is 0 Å². The zero-order valence-electron chi connectivity index (χ0n) is 20.2. The normalized spacial score (nSPS) is 11.2. The van der Waals surface area contributed by atoms with Gasteiger partial charge in [-0.2, -0.15) is 18.4 Å². The van der Waals surface area contributed by atoms with E-state index >= 15 is 0 Å². The van der Waals surface area contributed by atoms with Gasteiger partial charge < -0.3 is 15.4 Å². The Hall–Kier alpha value is -3.97. The van der Waals surface area contributed by atoms with Crippen LogP contribution in [0.5, 0.6) is 5.75 Å². The molecule has 0 bridgehead atoms. The van der Waals surface area contributed by atoms with Gasteiger partial charge in [0.05, 0.1) is 21.8 Å². The second kappa shape index (κ2) is 11.6. The Kier molecular flexibility index (Phi) is 8.45. The molecule has 1 heterocycles. The molecule has 3 aromatic carbocycles. The Balaban J connectivity index is 1.72. The summed E-state index contributed by atoms with van der Waals surface area (Å²) in [5.74, 6) is -0.718. The predicted octanol–water partition coefficient (Wildman–Crippen LogP) is 7.24. The number of phenolic OH excluding ortho intramolecular Hbond substituents is 1. The molecular formula is C28H17Cl3F3N3O3. The molecule has 204 valence electrons. The number of pyridine rings is 1. The SMILES string of the molecule is N#Cc1c(-c2cc(C(F)(F)F)ccc2Cl)cc(-c2cc(Cl)cc(CCNC(=O)c3ccccc3Cl)c2O)[nH]c1=O. The molecule has 1 amide bonds. The van der Waals surface area contributed by atoms with E-state index in [2.05, 4.69) is 10.3 Å². The summed E-state index contributed by atoms with van der Waals surface area (Å²) in [4.78, 5) is 27.7. The maximum absolute atomic E-state index is 13.4. The van der Waals surface area contributed by atoms with E-state index in [1.807, 2.05) is 0 Å². The molecule has 0 aliphatic rings. The number of carbonyl (C=O) groups is 1. The topological polar surface area (TPSA) is 106 Å². The average Bonchev–Trinajstić information content (AvgIpc) is 2.89. The molecule has 1 aromatic heterocycles. The van der Waals surface area contributed by atoms with Crippen molar-refractivity contribution >= 4 is 40.7 Å². The second-order valence-electron chi connectivity index (χ2n) is 8.55. The van der Waals surface area contributed by atoms with E-state index in [0.29, 0.717) is 5.56 Å². The smallest absolute Gasteiger partial charge is 0.416 e. The third-order valence-corrected chi connectivity index (χ3v) is 6.85. The van der Waals surface area contributed by atoms with Crippen molar-refractivity contribution in [2.75, 3.05) is 6.54 Å². The predicted molar refractivity (Wildman–Crippen MR) is 147 cm³/mol. The maximum Gasteiger partial charge on any atom is 0.416 e. The lowest BCUT2D eigenvalue weighted by atomic mass is 9.96. The number of phenols is 1. The first-order chi connectivity index (χ1) is 18.9. The van der Waals surface area contributed by atoms with Gasteiger partial charge in [-0.3, -0.25) is 9.59 Å². The third kappa shape index (κ3) is 6.10. The number of aromatic amines is 1. The molecule has 0 radical (unpaired) electrons. The molecule has 0 fully saturated rings. The first-order valence-electron chi connectivity index (χ1n) is 11.5. The number of nitrogens with one attached hydrogen (secondary N) is 2. The highest BCUT2D eigenvalue weighted by atomic mass is 35.5. The largest absolute Gasteiger partial charge is 0.507 e. The second-order valence-corrected chi connectivity index (χ2v) is 9.80. The van der Waals surface area contributed by atoms with Gasteiger partial charge in [0.25, 0.3) is 11.5 Å². The lowest BCUT2D eigenvalue weighted by Gasteiger charge is -2.15. The Morgan fingerprint density at radius 2 is 1.70 bits per heavy atom. The van der Waals surface area contributed by atoms with E-state index in [4.69, 9.17) is 34.8 Å². The number of nitrogens with zero attached hydrogens (tertiary/aromatic N) is 1. The number of carbonyl (C=O) groups excluding carboxylic acids is 1. The summed E-state index contributed by atoms with van der Waals surface area (Å²) in [6.07, 6.45) is -4.57. The number of nitriles is 1. The van der Waals surface area contributed by atoms with Crippen LogP contribution in [0.2, 0.25) is 15.1 Å². The van der Waals surface area contributed by atoms with Crippen LogP contribution in [0.1, 0.15) is 27.0 Å². The third-order valence-electron chi connectivity index (χ3n) is 5.97. The standard InChI is InChI=1S/C28H17Cl3F3N3O3/c29-16-9-14(7-8-36-26(39)17-3-1-2-4-22(17)30)25(38)20(11-16)24-12-18(21(13-35)27(40)37-24)19-10-15(28(32,33)34)5-6-23(19)31/h1-6,9-12,38H,7-8H2,(H,36,39)(H,37,40).